The zero-order chi connectivity index (χ0) is 15.4. The number of benzene rings is 2. The Balaban J connectivity index is 2.04. The molecule has 0 amide bonds. The van der Waals surface area contributed by atoms with Crippen molar-refractivity contribution in [3.63, 3.8) is 0 Å². The van der Waals surface area contributed by atoms with Gasteiger partial charge in [0.25, 0.3) is 0 Å². The molecule has 0 aliphatic carbocycles. The number of halogens is 3. The summed E-state index contributed by atoms with van der Waals surface area (Å²) in [6, 6.07) is 11.6. The summed E-state index contributed by atoms with van der Waals surface area (Å²) >= 11 is 18.3. The molecule has 112 valence electrons. The van der Waals surface area contributed by atoms with Crippen molar-refractivity contribution in [2.45, 2.75) is 19.5 Å². The zero-order valence-electron chi connectivity index (χ0n) is 11.8. The van der Waals surface area contributed by atoms with Crippen molar-refractivity contribution in [3.8, 4) is 5.75 Å². The SMILES string of the molecule is COc1ccc(CNC(C)c2ccc(Cl)c(Cl)c2Cl)cc1. The molecule has 0 bridgehead atoms. The van der Waals surface area contributed by atoms with Gasteiger partial charge in [0.2, 0.25) is 0 Å². The van der Waals surface area contributed by atoms with Crippen LogP contribution in [-0.4, -0.2) is 7.11 Å². The molecule has 2 rings (SSSR count). The molecule has 0 fully saturated rings. The van der Waals surface area contributed by atoms with E-state index in [1.165, 1.54) is 5.56 Å². The van der Waals surface area contributed by atoms with E-state index >= 15 is 0 Å². The minimum absolute atomic E-state index is 0.0642. The predicted molar refractivity (Wildman–Crippen MR) is 89.7 cm³/mol. The van der Waals surface area contributed by atoms with Crippen molar-refractivity contribution in [3.05, 3.63) is 62.6 Å². The highest BCUT2D eigenvalue weighted by molar-refractivity contribution is 6.48. The molecule has 0 saturated heterocycles. The number of ether oxygens (including phenoxy) is 1. The first-order chi connectivity index (χ1) is 10.0. The quantitative estimate of drug-likeness (QED) is 0.722. The van der Waals surface area contributed by atoms with Crippen molar-refractivity contribution in [2.24, 2.45) is 0 Å². The lowest BCUT2D eigenvalue weighted by Crippen LogP contribution is -2.18. The third kappa shape index (κ3) is 4.04. The molecule has 0 aliphatic heterocycles. The average Bonchev–Trinajstić information content (AvgIpc) is 2.51. The second kappa shape index (κ2) is 7.37. The van der Waals surface area contributed by atoms with Gasteiger partial charge in [-0.1, -0.05) is 53.0 Å². The average molecular weight is 345 g/mol. The molecule has 2 aromatic carbocycles. The Bertz CT molecular complexity index is 614. The maximum Gasteiger partial charge on any atom is 0.118 e. The molecule has 1 atom stereocenters. The fraction of sp³-hybridized carbons (Fsp3) is 0.250. The van der Waals surface area contributed by atoms with Gasteiger partial charge >= 0.3 is 0 Å². The maximum atomic E-state index is 6.24. The van der Waals surface area contributed by atoms with Crippen LogP contribution < -0.4 is 10.1 Å². The molecule has 0 saturated carbocycles. The smallest absolute Gasteiger partial charge is 0.118 e. The van der Waals surface area contributed by atoms with Crippen molar-refractivity contribution in [1.82, 2.24) is 5.32 Å². The van der Waals surface area contributed by atoms with Crippen LogP contribution >= 0.6 is 34.8 Å². The van der Waals surface area contributed by atoms with E-state index in [0.717, 1.165) is 17.9 Å². The maximum absolute atomic E-state index is 6.24. The van der Waals surface area contributed by atoms with Crippen LogP contribution in [0.1, 0.15) is 24.1 Å². The van der Waals surface area contributed by atoms with Crippen LogP contribution in [0.2, 0.25) is 15.1 Å². The van der Waals surface area contributed by atoms with Crippen molar-refractivity contribution in [1.29, 1.82) is 0 Å². The molecule has 0 aliphatic rings. The second-order valence-corrected chi connectivity index (χ2v) is 5.88. The Morgan fingerprint density at radius 3 is 2.29 bits per heavy atom. The molecule has 0 heterocycles. The van der Waals surface area contributed by atoms with E-state index in [0.29, 0.717) is 15.1 Å². The highest BCUT2D eigenvalue weighted by Gasteiger charge is 2.14. The van der Waals surface area contributed by atoms with Gasteiger partial charge in [-0.2, -0.15) is 0 Å². The van der Waals surface area contributed by atoms with Crippen LogP contribution in [0.25, 0.3) is 0 Å². The molecule has 5 heteroatoms. The molecule has 21 heavy (non-hydrogen) atoms. The largest absolute Gasteiger partial charge is 0.497 e. The standard InChI is InChI=1S/C16H16Cl3NO/c1-10(13-7-8-14(17)16(19)15(13)18)20-9-11-3-5-12(21-2)6-4-11/h3-8,10,20H,9H2,1-2H3. The molecule has 0 aromatic heterocycles. The highest BCUT2D eigenvalue weighted by Crippen LogP contribution is 2.35. The summed E-state index contributed by atoms with van der Waals surface area (Å²) in [5, 5.41) is 4.77. The van der Waals surface area contributed by atoms with Crippen LogP contribution in [0, 0.1) is 0 Å². The Hall–Kier alpha value is -0.930. The van der Waals surface area contributed by atoms with Gasteiger partial charge in [-0.05, 0) is 36.2 Å². The summed E-state index contributed by atoms with van der Waals surface area (Å²) < 4.78 is 5.14. The number of hydrogen-bond donors (Lipinski definition) is 1. The summed E-state index contributed by atoms with van der Waals surface area (Å²) in [7, 11) is 1.65. The molecular weight excluding hydrogens is 329 g/mol. The Morgan fingerprint density at radius 1 is 1.00 bits per heavy atom. The Labute approximate surface area is 140 Å². The van der Waals surface area contributed by atoms with Crippen LogP contribution in [0.15, 0.2) is 36.4 Å². The zero-order valence-corrected chi connectivity index (χ0v) is 14.1. The lowest BCUT2D eigenvalue weighted by atomic mass is 10.1. The van der Waals surface area contributed by atoms with Crippen molar-refractivity contribution >= 4 is 34.8 Å². The topological polar surface area (TPSA) is 21.3 Å². The number of hydrogen-bond acceptors (Lipinski definition) is 2. The monoisotopic (exact) mass is 343 g/mol. The Kier molecular flexibility index (Phi) is 5.77. The molecule has 0 spiro atoms. The van der Waals surface area contributed by atoms with E-state index in [4.69, 9.17) is 39.5 Å². The first kappa shape index (κ1) is 16.4. The van der Waals surface area contributed by atoms with E-state index in [1.54, 1.807) is 13.2 Å². The van der Waals surface area contributed by atoms with Gasteiger partial charge in [0, 0.05) is 12.6 Å². The number of methoxy groups -OCH3 is 1. The molecular formula is C16H16Cl3NO. The van der Waals surface area contributed by atoms with E-state index in [1.807, 2.05) is 37.3 Å². The third-order valence-electron chi connectivity index (χ3n) is 3.30. The first-order valence-electron chi connectivity index (χ1n) is 6.52. The summed E-state index contributed by atoms with van der Waals surface area (Å²) in [4.78, 5) is 0. The highest BCUT2D eigenvalue weighted by atomic mass is 35.5. The van der Waals surface area contributed by atoms with Gasteiger partial charge in [0.05, 0.1) is 22.2 Å². The number of nitrogens with one attached hydrogen (secondary N) is 1. The molecule has 1 N–H and O–H groups in total. The summed E-state index contributed by atoms with van der Waals surface area (Å²) in [5.74, 6) is 0.847. The van der Waals surface area contributed by atoms with Gasteiger partial charge in [0.1, 0.15) is 5.75 Å². The first-order valence-corrected chi connectivity index (χ1v) is 7.66. The lowest BCUT2D eigenvalue weighted by molar-refractivity contribution is 0.414. The van der Waals surface area contributed by atoms with Gasteiger partial charge in [-0.3, -0.25) is 0 Å². The normalized spacial score (nSPS) is 12.2. The van der Waals surface area contributed by atoms with Crippen LogP contribution in [0.5, 0.6) is 5.75 Å². The van der Waals surface area contributed by atoms with Gasteiger partial charge in [0.15, 0.2) is 0 Å². The fourth-order valence-corrected chi connectivity index (χ4v) is 2.71. The summed E-state index contributed by atoms with van der Waals surface area (Å²) in [6.45, 7) is 2.76. The minimum atomic E-state index is 0.0642. The summed E-state index contributed by atoms with van der Waals surface area (Å²) in [6.07, 6.45) is 0. The van der Waals surface area contributed by atoms with Crippen molar-refractivity contribution in [2.75, 3.05) is 7.11 Å². The van der Waals surface area contributed by atoms with Crippen LogP contribution in [0.3, 0.4) is 0 Å². The van der Waals surface area contributed by atoms with Crippen LogP contribution in [-0.2, 0) is 6.54 Å². The summed E-state index contributed by atoms with van der Waals surface area (Å²) in [5.41, 5.74) is 2.10. The molecule has 2 nitrogen and oxygen atoms in total. The second-order valence-electron chi connectivity index (χ2n) is 4.72. The minimum Gasteiger partial charge on any atom is -0.497 e. The predicted octanol–water partition coefficient (Wildman–Crippen LogP) is 5.51. The number of rotatable bonds is 5. The van der Waals surface area contributed by atoms with E-state index in [9.17, 15) is 0 Å². The van der Waals surface area contributed by atoms with E-state index in [-0.39, 0.29) is 6.04 Å². The molecule has 1 unspecified atom stereocenters. The lowest BCUT2D eigenvalue weighted by Gasteiger charge is -2.17. The molecule has 2 aromatic rings. The van der Waals surface area contributed by atoms with E-state index < -0.39 is 0 Å². The van der Waals surface area contributed by atoms with Crippen molar-refractivity contribution < 1.29 is 4.74 Å². The third-order valence-corrected chi connectivity index (χ3v) is 4.61. The fourth-order valence-electron chi connectivity index (χ4n) is 2.00. The Morgan fingerprint density at radius 2 is 1.67 bits per heavy atom. The molecule has 0 radical (unpaired) electrons. The van der Waals surface area contributed by atoms with E-state index in [2.05, 4.69) is 5.32 Å². The van der Waals surface area contributed by atoms with Gasteiger partial charge < -0.3 is 10.1 Å². The van der Waals surface area contributed by atoms with Gasteiger partial charge in [-0.25, -0.2) is 0 Å². The van der Waals surface area contributed by atoms with Gasteiger partial charge in [-0.15, -0.1) is 0 Å². The van der Waals surface area contributed by atoms with Crippen LogP contribution in [0.4, 0.5) is 0 Å².